The van der Waals surface area contributed by atoms with Crippen molar-refractivity contribution in [1.29, 1.82) is 0 Å². The molecule has 1 unspecified atom stereocenters. The summed E-state index contributed by atoms with van der Waals surface area (Å²) in [5, 5.41) is 21.3. The van der Waals surface area contributed by atoms with Crippen molar-refractivity contribution >= 4 is 30.1 Å². The van der Waals surface area contributed by atoms with E-state index in [4.69, 9.17) is 20.3 Å². The molecule has 2 aromatic rings. The van der Waals surface area contributed by atoms with Gasteiger partial charge in [0.1, 0.15) is 18.0 Å². The van der Waals surface area contributed by atoms with Gasteiger partial charge >= 0.3 is 5.97 Å². The van der Waals surface area contributed by atoms with Gasteiger partial charge < -0.3 is 40.6 Å². The molecule has 1 aromatic carbocycles. The molecule has 3 rings (SSSR count). The smallest absolute Gasteiger partial charge is 0.322 e. The Balaban J connectivity index is 2.03. The Morgan fingerprint density at radius 2 is 2.08 bits per heavy atom. The number of ether oxygens (including phenoxy) is 2. The predicted octanol–water partition coefficient (Wildman–Crippen LogP) is 1.36. The zero-order valence-electron chi connectivity index (χ0n) is 20.2. The number of hydrogen-bond donors (Lipinski definition) is 5. The molecule has 36 heavy (non-hydrogen) atoms. The summed E-state index contributed by atoms with van der Waals surface area (Å²) in [5.74, 6) is -0.667. The second kappa shape index (κ2) is 11.9. The van der Waals surface area contributed by atoms with Crippen LogP contribution in [0.4, 0.5) is 5.82 Å². The fraction of sp³-hybridized carbons (Fsp3) is 0.333. The van der Waals surface area contributed by atoms with Crippen LogP contribution in [-0.2, 0) is 20.7 Å². The minimum Gasteiger partial charge on any atom is -0.508 e. The van der Waals surface area contributed by atoms with Gasteiger partial charge in [-0.2, -0.15) is 4.98 Å². The van der Waals surface area contributed by atoms with Gasteiger partial charge in [-0.25, -0.2) is 0 Å². The van der Waals surface area contributed by atoms with Crippen LogP contribution in [0.1, 0.15) is 17.8 Å². The average molecular weight is 499 g/mol. The topological polar surface area (TPSA) is 175 Å². The van der Waals surface area contributed by atoms with Gasteiger partial charge in [-0.05, 0) is 48.9 Å². The number of allylic oxidation sites excluding steroid dienone is 2. The lowest BCUT2D eigenvalue weighted by atomic mass is 10.0. The summed E-state index contributed by atoms with van der Waals surface area (Å²) in [4.78, 5) is 37.1. The number of hydrogen-bond acceptors (Lipinski definition) is 9. The molecule has 1 aliphatic heterocycles. The lowest BCUT2D eigenvalue weighted by Crippen LogP contribution is -2.33. The fourth-order valence-corrected chi connectivity index (χ4v) is 3.80. The summed E-state index contributed by atoms with van der Waals surface area (Å²) in [6.45, 7) is 4.27. The Bertz CT molecular complexity index is 1170. The number of nitrogens with zero attached hydrogens (tertiary/aromatic N) is 3. The molecular formula is C24H30N6O6. The maximum absolute atomic E-state index is 13.0. The summed E-state index contributed by atoms with van der Waals surface area (Å²) >= 11 is 0. The summed E-state index contributed by atoms with van der Waals surface area (Å²) in [6.07, 6.45) is 2.50. The van der Waals surface area contributed by atoms with E-state index in [-0.39, 0.29) is 59.6 Å². The number of aromatic hydroxyl groups is 1. The van der Waals surface area contributed by atoms with Crippen molar-refractivity contribution in [3.63, 3.8) is 0 Å². The number of carboxylic acid groups (broad SMARTS) is 1. The van der Waals surface area contributed by atoms with E-state index < -0.39 is 5.97 Å². The Hall–Kier alpha value is -4.32. The second-order valence-corrected chi connectivity index (χ2v) is 8.09. The number of anilines is 1. The number of aliphatic carboxylic acids is 1. The number of carboxylic acids is 1. The van der Waals surface area contributed by atoms with Gasteiger partial charge in [0.05, 0.1) is 18.9 Å². The van der Waals surface area contributed by atoms with Crippen LogP contribution in [0.25, 0.3) is 5.70 Å². The maximum Gasteiger partial charge on any atom is 0.322 e. The van der Waals surface area contributed by atoms with Gasteiger partial charge in [0.25, 0.3) is 11.8 Å². The molecule has 12 nitrogen and oxygen atoms in total. The molecule has 0 radical (unpaired) electrons. The molecule has 0 aliphatic carbocycles. The van der Waals surface area contributed by atoms with E-state index >= 15 is 0 Å². The van der Waals surface area contributed by atoms with Crippen molar-refractivity contribution in [3.8, 4) is 11.6 Å². The number of methoxy groups -OCH3 is 2. The minimum atomic E-state index is -1.06. The molecule has 1 saturated heterocycles. The monoisotopic (exact) mass is 498 g/mol. The quantitative estimate of drug-likeness (QED) is 0.174. The summed E-state index contributed by atoms with van der Waals surface area (Å²) in [5.41, 5.74) is 7.86. The van der Waals surface area contributed by atoms with Crippen LogP contribution < -0.4 is 15.8 Å². The van der Waals surface area contributed by atoms with Crippen molar-refractivity contribution in [2.45, 2.75) is 18.9 Å². The second-order valence-electron chi connectivity index (χ2n) is 8.09. The third-order valence-corrected chi connectivity index (χ3v) is 5.64. The third kappa shape index (κ3) is 6.42. The molecule has 0 bridgehead atoms. The standard InChI is InChI=1S/C24H30N6O6/c1-26-20(21-28-22(23(29-21)36-3)27-12-19(32)33)15(10-14-4-6-16(31)7-5-14)11-18(25)24(34)30-9-8-17(13-30)35-2/h4-7,11,17,27,31H,1,8-10,12-13,25H2,2-3H3,(H,28,29)(H,32,33)/b18-11-,20-15-. The first-order valence-corrected chi connectivity index (χ1v) is 11.1. The van der Waals surface area contributed by atoms with Crippen LogP contribution in [0.3, 0.4) is 0 Å². The number of likely N-dealkylation sites (tertiary alicyclic amines) is 1. The highest BCUT2D eigenvalue weighted by molar-refractivity contribution is 5.93. The first kappa shape index (κ1) is 26.3. The average Bonchev–Trinajstić information content (AvgIpc) is 3.51. The van der Waals surface area contributed by atoms with Crippen LogP contribution in [0, 0.1) is 0 Å². The largest absolute Gasteiger partial charge is 0.508 e. The SMILES string of the molecule is C=N/C(=C(\C=C(/N)C(=O)N1CCC(OC)C1)Cc1ccc(O)cc1)c1nc(OC)c(NCC(=O)O)[nH]1. The van der Waals surface area contributed by atoms with Crippen molar-refractivity contribution < 1.29 is 29.3 Å². The Morgan fingerprint density at radius 1 is 1.36 bits per heavy atom. The third-order valence-electron chi connectivity index (χ3n) is 5.64. The number of nitrogens with one attached hydrogen (secondary N) is 2. The summed E-state index contributed by atoms with van der Waals surface area (Å²) < 4.78 is 10.6. The number of phenolic OH excluding ortho intramolecular Hbond substituents is 1. The molecule has 192 valence electrons. The molecular weight excluding hydrogens is 468 g/mol. The number of amides is 1. The number of nitrogens with two attached hydrogens (primary N) is 1. The van der Waals surface area contributed by atoms with Crippen LogP contribution in [0.2, 0.25) is 0 Å². The molecule has 12 heteroatoms. The highest BCUT2D eigenvalue weighted by atomic mass is 16.5. The van der Waals surface area contributed by atoms with Crippen molar-refractivity contribution in [2.75, 3.05) is 39.2 Å². The van der Waals surface area contributed by atoms with Crippen molar-refractivity contribution in [2.24, 2.45) is 10.7 Å². The van der Waals surface area contributed by atoms with E-state index in [2.05, 4.69) is 27.0 Å². The zero-order valence-corrected chi connectivity index (χ0v) is 20.2. The Labute approximate surface area is 208 Å². The lowest BCUT2D eigenvalue weighted by Gasteiger charge is -2.17. The maximum atomic E-state index is 13.0. The molecule has 0 spiro atoms. The first-order chi connectivity index (χ1) is 17.2. The van der Waals surface area contributed by atoms with Crippen LogP contribution in [-0.4, -0.2) is 83.6 Å². The number of rotatable bonds is 11. The van der Waals surface area contributed by atoms with E-state index in [9.17, 15) is 14.7 Å². The summed E-state index contributed by atoms with van der Waals surface area (Å²) in [7, 11) is 3.00. The molecule has 1 aromatic heterocycles. The Morgan fingerprint density at radius 3 is 2.67 bits per heavy atom. The number of H-pyrrole nitrogens is 1. The van der Waals surface area contributed by atoms with Gasteiger partial charge in [-0.1, -0.05) is 12.1 Å². The lowest BCUT2D eigenvalue weighted by molar-refractivity contribution is -0.135. The normalized spacial score (nSPS) is 16.4. The molecule has 1 amide bonds. The van der Waals surface area contributed by atoms with Gasteiger partial charge in [0.2, 0.25) is 0 Å². The van der Waals surface area contributed by atoms with E-state index in [0.717, 1.165) is 12.0 Å². The highest BCUT2D eigenvalue weighted by Crippen LogP contribution is 2.29. The molecule has 1 fully saturated rings. The van der Waals surface area contributed by atoms with Gasteiger partial charge in [0.15, 0.2) is 11.6 Å². The number of phenols is 1. The fourth-order valence-electron chi connectivity index (χ4n) is 3.80. The van der Waals surface area contributed by atoms with Crippen LogP contribution in [0.5, 0.6) is 11.6 Å². The number of carbonyl (C=O) groups is 2. The number of aliphatic imine (C=N–C) groups is 1. The molecule has 0 saturated carbocycles. The van der Waals surface area contributed by atoms with Crippen LogP contribution >= 0.6 is 0 Å². The first-order valence-electron chi connectivity index (χ1n) is 11.1. The minimum absolute atomic E-state index is 0.00410. The summed E-state index contributed by atoms with van der Waals surface area (Å²) in [6, 6.07) is 6.55. The van der Waals surface area contributed by atoms with Crippen molar-refractivity contribution in [3.05, 3.63) is 53.0 Å². The number of carbonyl (C=O) groups excluding carboxylic acids is 1. The molecule has 6 N–H and O–H groups in total. The Kier molecular flexibility index (Phi) is 8.68. The molecule has 1 atom stereocenters. The predicted molar refractivity (Wildman–Crippen MR) is 134 cm³/mol. The zero-order chi connectivity index (χ0) is 26.2. The number of aromatic amines is 1. The number of aromatic nitrogens is 2. The van der Waals surface area contributed by atoms with Gasteiger partial charge in [0, 0.05) is 20.2 Å². The van der Waals surface area contributed by atoms with E-state index in [1.54, 1.807) is 36.3 Å². The highest BCUT2D eigenvalue weighted by Gasteiger charge is 2.27. The van der Waals surface area contributed by atoms with Gasteiger partial charge in [-0.15, -0.1) is 0 Å². The van der Waals surface area contributed by atoms with E-state index in [1.165, 1.54) is 13.2 Å². The number of imidazole rings is 1. The van der Waals surface area contributed by atoms with E-state index in [1.807, 2.05) is 0 Å². The molecule has 2 heterocycles. The van der Waals surface area contributed by atoms with Crippen molar-refractivity contribution in [1.82, 2.24) is 14.9 Å². The number of benzene rings is 1. The van der Waals surface area contributed by atoms with Gasteiger partial charge in [-0.3, -0.25) is 14.6 Å². The van der Waals surface area contributed by atoms with E-state index in [0.29, 0.717) is 18.7 Å². The van der Waals surface area contributed by atoms with Crippen LogP contribution in [0.15, 0.2) is 46.6 Å². The molecule has 1 aliphatic rings.